The molecule has 21 nitrogen and oxygen atoms in total. The van der Waals surface area contributed by atoms with E-state index in [1.54, 1.807) is 6.92 Å². The third kappa shape index (κ3) is 18.9. The van der Waals surface area contributed by atoms with Crippen molar-refractivity contribution in [3.05, 3.63) is 33.8 Å². The highest BCUT2D eigenvalue weighted by Crippen LogP contribution is 2.40. The molecule has 5 fully saturated rings. The van der Waals surface area contributed by atoms with Crippen molar-refractivity contribution in [2.45, 2.75) is 184 Å². The van der Waals surface area contributed by atoms with Crippen LogP contribution in [0.15, 0.2) is 22.7 Å². The number of aliphatic hydroxyl groups is 5. The zero-order chi connectivity index (χ0) is 53.9. The zero-order valence-electron chi connectivity index (χ0n) is 44.4. The van der Waals surface area contributed by atoms with Crippen LogP contribution in [0.5, 0.6) is 0 Å². The Labute approximate surface area is 451 Å². The fraction of sp³-hybridized carbons (Fsp3) is 0.830. The van der Waals surface area contributed by atoms with Crippen molar-refractivity contribution >= 4 is 33.6 Å². The average molecular weight is 1130 g/mol. The van der Waals surface area contributed by atoms with Gasteiger partial charge in [0.15, 0.2) is 18.7 Å². The van der Waals surface area contributed by atoms with Crippen molar-refractivity contribution in [1.82, 2.24) is 36.8 Å². The number of ether oxygens (including phenoxy) is 5. The third-order valence-electron chi connectivity index (χ3n) is 15.7. The van der Waals surface area contributed by atoms with Gasteiger partial charge in [-0.1, -0.05) is 73.5 Å². The van der Waals surface area contributed by atoms with E-state index in [1.807, 2.05) is 6.92 Å². The van der Waals surface area contributed by atoms with Crippen LogP contribution >= 0.6 is 15.9 Å². The van der Waals surface area contributed by atoms with Crippen molar-refractivity contribution in [3.8, 4) is 0 Å². The molecule has 3 heterocycles. The number of carbonyl (C=O) groups is 3. The first-order valence-corrected chi connectivity index (χ1v) is 28.6. The summed E-state index contributed by atoms with van der Waals surface area (Å²) in [6.45, 7) is 14.6. The summed E-state index contributed by atoms with van der Waals surface area (Å²) in [5.74, 6) is -2.69. The van der Waals surface area contributed by atoms with Crippen LogP contribution in [0.3, 0.4) is 0 Å². The molecule has 0 radical (unpaired) electrons. The van der Waals surface area contributed by atoms with Crippen LogP contribution in [-0.4, -0.2) is 211 Å². The molecule has 1 aromatic rings. The molecule has 0 spiro atoms. The van der Waals surface area contributed by atoms with E-state index < -0.39 is 104 Å². The quantitative estimate of drug-likeness (QED) is 0.0704. The van der Waals surface area contributed by atoms with Crippen LogP contribution in [0.1, 0.15) is 103 Å². The number of ketones is 1. The Morgan fingerprint density at radius 2 is 1.55 bits per heavy atom. The van der Waals surface area contributed by atoms with Gasteiger partial charge in [-0.15, -0.1) is 0 Å². The molecule has 1 amide bonds. The Balaban J connectivity index is 1.09. The molecular formula is C53H90BrN7O14. The first-order valence-electron chi connectivity index (χ1n) is 27.8. The second-order valence-corrected chi connectivity index (χ2v) is 22.2. The zero-order valence-corrected chi connectivity index (χ0v) is 46.0. The number of aliphatic carboxylic acids is 1. The second-order valence-electron chi connectivity index (χ2n) is 21.4. The van der Waals surface area contributed by atoms with Crippen molar-refractivity contribution in [2.24, 2.45) is 17.8 Å². The smallest absolute Gasteiger partial charge is 0.332 e. The minimum Gasteiger partial charge on any atom is -0.479 e. The summed E-state index contributed by atoms with van der Waals surface area (Å²) >= 11 is 3.84. The number of carboxylic acids is 1. The molecule has 3 saturated heterocycles. The van der Waals surface area contributed by atoms with Crippen LogP contribution in [-0.2, 0) is 51.2 Å². The summed E-state index contributed by atoms with van der Waals surface area (Å²) in [5.41, 5.74) is 2.37. The number of hydrogen-bond donors (Lipinski definition) is 12. The van der Waals surface area contributed by atoms with Crippen molar-refractivity contribution in [1.29, 1.82) is 0 Å². The van der Waals surface area contributed by atoms with Gasteiger partial charge in [0.05, 0.1) is 31.5 Å². The number of Topliss-reactive ketones (excluding diaryl/α,β-unsaturated/α-hetero) is 1. The van der Waals surface area contributed by atoms with E-state index in [0.29, 0.717) is 32.5 Å². The molecule has 14 unspecified atom stereocenters. The fourth-order valence-electron chi connectivity index (χ4n) is 11.3. The van der Waals surface area contributed by atoms with Crippen LogP contribution in [0.4, 0.5) is 0 Å². The Morgan fingerprint density at radius 1 is 0.827 bits per heavy atom. The Kier molecular flexibility index (Phi) is 26.4. The molecule has 0 aromatic heterocycles. The molecule has 3 aliphatic heterocycles. The predicted octanol–water partition coefficient (Wildman–Crippen LogP) is 0.488. The number of carbonyl (C=O) groups excluding carboxylic acids is 2. The average Bonchev–Trinajstić information content (AvgIpc) is 3.39. The topological polar surface area (TPSA) is 294 Å². The Bertz CT molecular complexity index is 1860. The summed E-state index contributed by atoms with van der Waals surface area (Å²) in [5, 5.41) is 84.8. The van der Waals surface area contributed by atoms with E-state index in [2.05, 4.69) is 70.9 Å². The summed E-state index contributed by atoms with van der Waals surface area (Å²) in [7, 11) is 0. The highest BCUT2D eigenvalue weighted by atomic mass is 79.9. The SMILES string of the molecule is CCC1CC(C(=O)CNCCNCc2ccc(CN3CCCNCCNCCCNCC3)c(Br)c2)CC(OC2OC(CO)C(O)C(O[C@@H](CC3CCCCC3)C(=O)O)C2NC(C)=O)C1OC1OC(C)C(O)C(O)C1O. The van der Waals surface area contributed by atoms with Crippen molar-refractivity contribution < 1.29 is 68.7 Å². The Morgan fingerprint density at radius 3 is 2.24 bits per heavy atom. The molecule has 5 aliphatic rings. The van der Waals surface area contributed by atoms with Gasteiger partial charge in [-0.2, -0.15) is 0 Å². The number of halogens is 1. The normalized spacial score (nSPS) is 33.8. The number of hydrogen-bond acceptors (Lipinski definition) is 19. The van der Waals surface area contributed by atoms with E-state index in [9.17, 15) is 45.0 Å². The first-order chi connectivity index (χ1) is 36.2. The maximum atomic E-state index is 14.2. The van der Waals surface area contributed by atoms with Crippen LogP contribution in [0.25, 0.3) is 0 Å². The van der Waals surface area contributed by atoms with Gasteiger partial charge in [0, 0.05) is 69.7 Å². The molecule has 2 aliphatic carbocycles. The van der Waals surface area contributed by atoms with E-state index >= 15 is 0 Å². The molecule has 75 heavy (non-hydrogen) atoms. The highest BCUT2D eigenvalue weighted by molar-refractivity contribution is 9.10. The maximum absolute atomic E-state index is 14.2. The van der Waals surface area contributed by atoms with E-state index in [4.69, 9.17) is 23.7 Å². The van der Waals surface area contributed by atoms with Crippen molar-refractivity contribution in [3.63, 3.8) is 0 Å². The molecule has 2 saturated carbocycles. The number of carboxylic acid groups (broad SMARTS) is 1. The van der Waals surface area contributed by atoms with Crippen molar-refractivity contribution in [2.75, 3.05) is 78.6 Å². The van der Waals surface area contributed by atoms with Crippen LogP contribution in [0.2, 0.25) is 0 Å². The summed E-state index contributed by atoms with van der Waals surface area (Å²) in [4.78, 5) is 42.2. The van der Waals surface area contributed by atoms with Crippen LogP contribution < -0.4 is 31.9 Å². The molecule has 12 N–H and O–H groups in total. The molecule has 6 rings (SSSR count). The molecule has 15 atom stereocenters. The van der Waals surface area contributed by atoms with E-state index in [1.165, 1.54) is 12.5 Å². The van der Waals surface area contributed by atoms with Gasteiger partial charge >= 0.3 is 5.97 Å². The summed E-state index contributed by atoms with van der Waals surface area (Å²) in [6.07, 6.45) is -7.87. The second kappa shape index (κ2) is 32.1. The molecule has 0 bridgehead atoms. The lowest BCUT2D eigenvalue weighted by atomic mass is 9.74. The number of amides is 1. The number of nitrogens with one attached hydrogen (secondary N) is 6. The van der Waals surface area contributed by atoms with Gasteiger partial charge in [-0.3, -0.25) is 14.5 Å². The van der Waals surface area contributed by atoms with Crippen LogP contribution in [0, 0.1) is 17.8 Å². The molecule has 22 heteroatoms. The highest BCUT2D eigenvalue weighted by Gasteiger charge is 2.53. The molecule has 428 valence electrons. The molecular weight excluding hydrogens is 1040 g/mol. The van der Waals surface area contributed by atoms with E-state index in [0.717, 1.165) is 114 Å². The number of aliphatic hydroxyl groups excluding tert-OH is 5. The van der Waals surface area contributed by atoms with Gasteiger partial charge in [-0.25, -0.2) is 4.79 Å². The number of rotatable bonds is 22. The van der Waals surface area contributed by atoms with Gasteiger partial charge in [0.2, 0.25) is 5.91 Å². The Hall–Kier alpha value is -2.33. The minimum absolute atomic E-state index is 0.0628. The monoisotopic (exact) mass is 1130 g/mol. The van der Waals surface area contributed by atoms with E-state index in [-0.39, 0.29) is 37.0 Å². The number of benzene rings is 1. The third-order valence-corrected chi connectivity index (χ3v) is 16.4. The van der Waals surface area contributed by atoms with Gasteiger partial charge in [0.25, 0.3) is 0 Å². The van der Waals surface area contributed by atoms with Gasteiger partial charge in [0.1, 0.15) is 48.4 Å². The lowest BCUT2D eigenvalue weighted by molar-refractivity contribution is -0.338. The van der Waals surface area contributed by atoms with Gasteiger partial charge < -0.3 is 86.2 Å². The van der Waals surface area contributed by atoms with Gasteiger partial charge in [-0.05, 0) is 94.2 Å². The lowest BCUT2D eigenvalue weighted by Crippen LogP contribution is -2.67. The lowest BCUT2D eigenvalue weighted by Gasteiger charge is -2.49. The molecule has 1 aromatic carbocycles. The summed E-state index contributed by atoms with van der Waals surface area (Å²) < 4.78 is 32.6. The fourth-order valence-corrected chi connectivity index (χ4v) is 11.8. The first kappa shape index (κ1) is 61.9. The predicted molar refractivity (Wildman–Crippen MR) is 282 cm³/mol. The number of nitrogens with zero attached hydrogens (tertiary/aromatic N) is 1. The standard InChI is InChI=1S/C53H90BrN7O14/c1-4-36-26-38(40(64)29-59-20-19-58-28-35-12-13-37(39(54)24-35)30-61-22-9-16-56-18-17-55-14-8-15-57-21-23-61)27-41(49(36)75-53-48(68)47(67)45(65)32(2)71-53)73-52-44(60-33(3)63)50(46(66)43(31-62)74-52)72-42(51(69)70)25-34-10-6-5-7-11-34/h12-13,24,32,34,36,38,41-50,52-53,55-59,62,65-68H,4-11,14-23,25-31H2,1-3H3,(H,60,63)(H,69,70)/t32?,36?,38?,41?,42-,43?,44?,45?,46?,47?,48?,49?,50?,52?,53?/m0/s1. The minimum atomic E-state index is -1.64. The maximum Gasteiger partial charge on any atom is 0.332 e. The largest absolute Gasteiger partial charge is 0.479 e. The summed E-state index contributed by atoms with van der Waals surface area (Å²) in [6, 6.07) is 5.21.